The van der Waals surface area contributed by atoms with E-state index < -0.39 is 10.3 Å². The third-order valence-corrected chi connectivity index (χ3v) is 4.63. The largest absolute Gasteiger partial charge is 0.480 e. The standard InChI is InChI=1S/C6H9Cl3O.C2H3ClO2/c1-5(3-7)4(2-10)6(5,8)9;3-1-2(4)5/h4,10H,2-3H2,1H3;1H2,(H,4,5). The molecule has 0 bridgehead atoms. The van der Waals surface area contributed by atoms with E-state index in [2.05, 4.69) is 0 Å². The highest BCUT2D eigenvalue weighted by molar-refractivity contribution is 6.52. The maximum atomic E-state index is 9.24. The van der Waals surface area contributed by atoms with Crippen LogP contribution in [-0.4, -0.2) is 38.9 Å². The van der Waals surface area contributed by atoms with Gasteiger partial charge in [-0.15, -0.1) is 46.4 Å². The van der Waals surface area contributed by atoms with E-state index in [1.807, 2.05) is 6.92 Å². The van der Waals surface area contributed by atoms with E-state index in [1.54, 1.807) is 0 Å². The summed E-state index contributed by atoms with van der Waals surface area (Å²) in [6.45, 7) is 1.89. The molecule has 0 aromatic rings. The number of aliphatic hydroxyl groups excluding tert-OH is 1. The number of carboxylic acid groups (broad SMARTS) is 1. The van der Waals surface area contributed by atoms with Crippen LogP contribution in [0.2, 0.25) is 0 Å². The molecule has 2 atom stereocenters. The van der Waals surface area contributed by atoms with Gasteiger partial charge in [-0.2, -0.15) is 0 Å². The van der Waals surface area contributed by atoms with Crippen molar-refractivity contribution in [2.45, 2.75) is 11.3 Å². The van der Waals surface area contributed by atoms with Crippen molar-refractivity contribution >= 4 is 52.4 Å². The van der Waals surface area contributed by atoms with E-state index in [0.717, 1.165) is 0 Å². The van der Waals surface area contributed by atoms with Crippen molar-refractivity contribution in [3.05, 3.63) is 0 Å². The molecule has 0 aromatic heterocycles. The van der Waals surface area contributed by atoms with Gasteiger partial charge in [0.2, 0.25) is 0 Å². The van der Waals surface area contributed by atoms with Crippen LogP contribution in [0.1, 0.15) is 6.92 Å². The molecule has 0 amide bonds. The molecule has 0 aromatic carbocycles. The van der Waals surface area contributed by atoms with Crippen molar-refractivity contribution in [1.29, 1.82) is 0 Å². The Labute approximate surface area is 108 Å². The monoisotopic (exact) mass is 296 g/mol. The molecule has 0 spiro atoms. The average molecular weight is 298 g/mol. The molecule has 2 N–H and O–H groups in total. The second-order valence-electron chi connectivity index (χ2n) is 3.44. The molecule has 15 heavy (non-hydrogen) atoms. The molecule has 3 nitrogen and oxygen atoms in total. The lowest BCUT2D eigenvalue weighted by molar-refractivity contribution is -0.134. The zero-order valence-electron chi connectivity index (χ0n) is 8.01. The van der Waals surface area contributed by atoms with Gasteiger partial charge in [-0.05, 0) is 0 Å². The summed E-state index contributed by atoms with van der Waals surface area (Å²) in [6, 6.07) is 0. The highest BCUT2D eigenvalue weighted by atomic mass is 35.5. The summed E-state index contributed by atoms with van der Waals surface area (Å²) in [5.74, 6) is -0.960. The number of rotatable bonds is 3. The highest BCUT2D eigenvalue weighted by Gasteiger charge is 2.72. The van der Waals surface area contributed by atoms with E-state index in [4.69, 9.17) is 56.6 Å². The summed E-state index contributed by atoms with van der Waals surface area (Å²) in [5.41, 5.74) is -0.299. The third-order valence-electron chi connectivity index (χ3n) is 2.46. The number of alkyl halides is 4. The first-order valence-electron chi connectivity index (χ1n) is 4.10. The molecule has 2 unspecified atom stereocenters. The van der Waals surface area contributed by atoms with Crippen molar-refractivity contribution in [1.82, 2.24) is 0 Å². The Hall–Kier alpha value is 0.590. The Morgan fingerprint density at radius 2 is 1.80 bits per heavy atom. The van der Waals surface area contributed by atoms with Gasteiger partial charge >= 0.3 is 5.97 Å². The van der Waals surface area contributed by atoms with Crippen molar-refractivity contribution in [2.75, 3.05) is 18.4 Å². The first-order valence-corrected chi connectivity index (χ1v) is 5.92. The minimum absolute atomic E-state index is 0.0101. The summed E-state index contributed by atoms with van der Waals surface area (Å²) >= 11 is 22.0. The SMILES string of the molecule is CC1(CCl)C(CO)C1(Cl)Cl.O=C(O)CCl. The smallest absolute Gasteiger partial charge is 0.318 e. The first-order chi connectivity index (χ1) is 6.77. The number of hydrogen-bond acceptors (Lipinski definition) is 2. The molecule has 0 radical (unpaired) electrons. The molecule has 1 rings (SSSR count). The summed E-state index contributed by atoms with van der Waals surface area (Å²) in [4.78, 5) is 9.24. The molecule has 0 aliphatic heterocycles. The van der Waals surface area contributed by atoms with Crippen molar-refractivity contribution in [2.24, 2.45) is 11.3 Å². The van der Waals surface area contributed by atoms with Gasteiger partial charge in [0, 0.05) is 23.8 Å². The number of hydrogen-bond donors (Lipinski definition) is 2. The van der Waals surface area contributed by atoms with Gasteiger partial charge < -0.3 is 10.2 Å². The summed E-state index contributed by atoms with van der Waals surface area (Å²) in [6.07, 6.45) is 0. The maximum Gasteiger partial charge on any atom is 0.318 e. The number of aliphatic hydroxyl groups is 1. The number of aliphatic carboxylic acids is 1. The Bertz CT molecular complexity index is 234. The van der Waals surface area contributed by atoms with Crippen LogP contribution in [-0.2, 0) is 4.79 Å². The number of carbonyl (C=O) groups is 1. The fourth-order valence-corrected chi connectivity index (χ4v) is 2.61. The minimum atomic E-state index is -0.980. The van der Waals surface area contributed by atoms with Crippen LogP contribution in [0.15, 0.2) is 0 Å². The first kappa shape index (κ1) is 15.6. The van der Waals surface area contributed by atoms with E-state index in [9.17, 15) is 4.79 Å². The molecule has 1 fully saturated rings. The Morgan fingerprint density at radius 1 is 1.40 bits per heavy atom. The van der Waals surface area contributed by atoms with Crippen LogP contribution in [0.3, 0.4) is 0 Å². The van der Waals surface area contributed by atoms with Crippen LogP contribution in [0.4, 0.5) is 0 Å². The van der Waals surface area contributed by atoms with Crippen LogP contribution in [0.25, 0.3) is 0 Å². The van der Waals surface area contributed by atoms with Crippen LogP contribution >= 0.6 is 46.4 Å². The number of halogens is 4. The summed E-state index contributed by atoms with van der Waals surface area (Å²) in [7, 11) is 0. The predicted molar refractivity (Wildman–Crippen MR) is 62.2 cm³/mol. The quantitative estimate of drug-likeness (QED) is 0.786. The second kappa shape index (κ2) is 5.78. The lowest BCUT2D eigenvalue weighted by atomic mass is 10.1. The molecule has 0 heterocycles. The lowest BCUT2D eigenvalue weighted by Crippen LogP contribution is -2.05. The topological polar surface area (TPSA) is 57.5 Å². The van der Waals surface area contributed by atoms with Crippen LogP contribution < -0.4 is 0 Å². The van der Waals surface area contributed by atoms with E-state index in [-0.39, 0.29) is 23.8 Å². The molecule has 1 aliphatic rings. The van der Waals surface area contributed by atoms with Gasteiger partial charge in [-0.25, -0.2) is 0 Å². The molecule has 90 valence electrons. The molecule has 0 saturated heterocycles. The Balaban J connectivity index is 0.000000336. The van der Waals surface area contributed by atoms with Gasteiger partial charge in [0.05, 0.1) is 0 Å². The average Bonchev–Trinajstić information content (AvgIpc) is 2.62. The fraction of sp³-hybridized carbons (Fsp3) is 0.875. The Kier molecular flexibility index (Phi) is 6.01. The van der Waals surface area contributed by atoms with E-state index in [0.29, 0.717) is 5.88 Å². The zero-order chi connectivity index (χ0) is 12.3. The zero-order valence-corrected chi connectivity index (χ0v) is 11.0. The second-order valence-corrected chi connectivity index (χ2v) is 5.36. The van der Waals surface area contributed by atoms with Gasteiger partial charge in [0.15, 0.2) is 0 Å². The molecular formula is C8H12Cl4O3. The lowest BCUT2D eigenvalue weighted by Gasteiger charge is -2.04. The van der Waals surface area contributed by atoms with Gasteiger partial charge in [0.1, 0.15) is 10.2 Å². The Morgan fingerprint density at radius 3 is 1.87 bits per heavy atom. The van der Waals surface area contributed by atoms with Gasteiger partial charge in [0.25, 0.3) is 0 Å². The summed E-state index contributed by atoms with van der Waals surface area (Å²) < 4.78 is -0.816. The number of carboxylic acids is 1. The highest BCUT2D eigenvalue weighted by Crippen LogP contribution is 2.68. The fourth-order valence-electron chi connectivity index (χ4n) is 1.17. The maximum absolute atomic E-state index is 9.24. The third kappa shape index (κ3) is 3.27. The normalized spacial score (nSPS) is 31.5. The van der Waals surface area contributed by atoms with Gasteiger partial charge in [-0.1, -0.05) is 6.92 Å². The van der Waals surface area contributed by atoms with Crippen molar-refractivity contribution < 1.29 is 15.0 Å². The van der Waals surface area contributed by atoms with Crippen molar-refractivity contribution in [3.8, 4) is 0 Å². The van der Waals surface area contributed by atoms with Crippen LogP contribution in [0, 0.1) is 11.3 Å². The van der Waals surface area contributed by atoms with E-state index >= 15 is 0 Å². The molecule has 1 aliphatic carbocycles. The van der Waals surface area contributed by atoms with Crippen LogP contribution in [0.5, 0.6) is 0 Å². The molecular weight excluding hydrogens is 286 g/mol. The van der Waals surface area contributed by atoms with Crippen molar-refractivity contribution in [3.63, 3.8) is 0 Å². The predicted octanol–water partition coefficient (Wildman–Crippen LogP) is 2.34. The summed E-state index contributed by atoms with van der Waals surface area (Å²) in [5, 5.41) is 16.4. The van der Waals surface area contributed by atoms with Gasteiger partial charge in [-0.3, -0.25) is 4.79 Å². The van der Waals surface area contributed by atoms with E-state index in [1.165, 1.54) is 0 Å². The molecule has 7 heteroatoms. The molecule has 1 saturated carbocycles. The minimum Gasteiger partial charge on any atom is -0.480 e.